The summed E-state index contributed by atoms with van der Waals surface area (Å²) in [7, 11) is -4.23. The second-order valence-corrected chi connectivity index (χ2v) is 10.4. The van der Waals surface area contributed by atoms with Crippen molar-refractivity contribution in [3.05, 3.63) is 69.7 Å². The highest BCUT2D eigenvalue weighted by atomic mass is 32.2. The number of non-ortho nitro benzene ring substituents is 1. The van der Waals surface area contributed by atoms with Crippen molar-refractivity contribution < 1.29 is 27.3 Å². The number of halogens is 1. The van der Waals surface area contributed by atoms with Gasteiger partial charge in [-0.1, -0.05) is 6.07 Å². The molecule has 0 unspecified atom stereocenters. The third-order valence-electron chi connectivity index (χ3n) is 5.27. The van der Waals surface area contributed by atoms with Crippen LogP contribution in [0.1, 0.15) is 42.7 Å². The number of aromatic nitrogens is 2. The third kappa shape index (κ3) is 5.36. The fourth-order valence-corrected chi connectivity index (χ4v) is 4.86. The van der Waals surface area contributed by atoms with Crippen LogP contribution in [0.2, 0.25) is 0 Å². The first-order chi connectivity index (χ1) is 17.0. The number of ether oxygens (including phenoxy) is 1. The van der Waals surface area contributed by atoms with Crippen molar-refractivity contribution in [3.8, 4) is 17.3 Å². The van der Waals surface area contributed by atoms with Gasteiger partial charge in [-0.05, 0) is 57.9 Å². The Kier molecular flexibility index (Phi) is 6.78. The van der Waals surface area contributed by atoms with Crippen LogP contribution in [-0.4, -0.2) is 41.1 Å². The molecule has 190 valence electrons. The predicted octanol–water partition coefficient (Wildman–Crippen LogP) is 3.60. The molecule has 0 bridgehead atoms. The summed E-state index contributed by atoms with van der Waals surface area (Å²) in [5.41, 5.74) is 0.0697. The second kappa shape index (κ2) is 9.66. The van der Waals surface area contributed by atoms with Gasteiger partial charge in [0.25, 0.3) is 11.6 Å². The molecule has 1 amide bonds. The first kappa shape index (κ1) is 25.3. The van der Waals surface area contributed by atoms with Crippen LogP contribution in [0.4, 0.5) is 10.1 Å². The molecular weight excluding hydrogens is 493 g/mol. The normalized spacial score (nSPS) is 13.6. The Bertz CT molecular complexity index is 1450. The van der Waals surface area contributed by atoms with Gasteiger partial charge < -0.3 is 10.1 Å². The number of rotatable bonds is 9. The van der Waals surface area contributed by atoms with Gasteiger partial charge in [0, 0.05) is 29.8 Å². The molecule has 1 aromatic heterocycles. The van der Waals surface area contributed by atoms with Crippen LogP contribution in [0.5, 0.6) is 11.6 Å². The molecule has 2 aromatic carbocycles. The number of carbonyl (C=O) groups is 1. The monoisotopic (exact) mass is 517 g/mol. The molecule has 0 aliphatic heterocycles. The minimum atomic E-state index is -4.23. The van der Waals surface area contributed by atoms with E-state index in [1.807, 2.05) is 0 Å². The minimum absolute atomic E-state index is 0.0211. The molecule has 36 heavy (non-hydrogen) atoms. The van der Waals surface area contributed by atoms with Gasteiger partial charge in [0.1, 0.15) is 16.5 Å². The molecular formula is C23H24FN5O6S. The van der Waals surface area contributed by atoms with E-state index in [9.17, 15) is 27.7 Å². The lowest BCUT2D eigenvalue weighted by molar-refractivity contribution is -0.385. The third-order valence-corrected chi connectivity index (χ3v) is 6.95. The smallest absolute Gasteiger partial charge is 0.272 e. The van der Waals surface area contributed by atoms with Gasteiger partial charge in [-0.2, -0.15) is 9.78 Å². The molecule has 0 spiro atoms. The van der Waals surface area contributed by atoms with Crippen molar-refractivity contribution in [2.24, 2.45) is 0 Å². The number of carbonyl (C=O) groups excluding carboxylic acids is 1. The number of benzene rings is 2. The summed E-state index contributed by atoms with van der Waals surface area (Å²) >= 11 is 0. The summed E-state index contributed by atoms with van der Waals surface area (Å²) in [6, 6.07) is 8.09. The molecule has 2 N–H and O–H groups in total. The highest BCUT2D eigenvalue weighted by molar-refractivity contribution is 7.89. The highest BCUT2D eigenvalue weighted by Crippen LogP contribution is 2.36. The van der Waals surface area contributed by atoms with E-state index < -0.39 is 43.3 Å². The molecule has 1 aliphatic carbocycles. The largest absolute Gasteiger partial charge is 0.437 e. The molecule has 0 saturated heterocycles. The molecule has 1 heterocycles. The Morgan fingerprint density at radius 1 is 1.25 bits per heavy atom. The first-order valence-corrected chi connectivity index (χ1v) is 12.6. The molecule has 4 rings (SSSR count). The summed E-state index contributed by atoms with van der Waals surface area (Å²) in [5, 5.41) is 18.5. The molecule has 13 heteroatoms. The van der Waals surface area contributed by atoms with Crippen LogP contribution in [0.15, 0.2) is 47.4 Å². The number of nitro benzene ring substituents is 1. The van der Waals surface area contributed by atoms with Crippen molar-refractivity contribution >= 4 is 21.6 Å². The van der Waals surface area contributed by atoms with Crippen LogP contribution in [-0.2, 0) is 10.0 Å². The van der Waals surface area contributed by atoms with E-state index >= 15 is 0 Å². The van der Waals surface area contributed by atoms with E-state index in [0.29, 0.717) is 0 Å². The van der Waals surface area contributed by atoms with Crippen molar-refractivity contribution in [1.29, 1.82) is 0 Å². The zero-order chi connectivity index (χ0) is 26.2. The van der Waals surface area contributed by atoms with Gasteiger partial charge in [-0.25, -0.2) is 17.5 Å². The number of nitrogens with one attached hydrogen (secondary N) is 2. The molecule has 3 aromatic rings. The summed E-state index contributed by atoms with van der Waals surface area (Å²) in [4.78, 5) is 22.9. The number of hydrogen-bond donors (Lipinski definition) is 2. The number of hydrogen-bond acceptors (Lipinski definition) is 7. The van der Waals surface area contributed by atoms with Crippen molar-refractivity contribution in [2.75, 3.05) is 0 Å². The first-order valence-electron chi connectivity index (χ1n) is 11.1. The van der Waals surface area contributed by atoms with Gasteiger partial charge in [0.2, 0.25) is 15.9 Å². The zero-order valence-electron chi connectivity index (χ0n) is 19.7. The Labute approximate surface area is 206 Å². The van der Waals surface area contributed by atoms with Crippen molar-refractivity contribution in [1.82, 2.24) is 19.8 Å². The highest BCUT2D eigenvalue weighted by Gasteiger charge is 2.30. The molecule has 1 saturated carbocycles. The standard InChI is InChI=1S/C23H24FN5O6S/c1-13(2)27-36(33,34)20-12-18(29(31)32)9-10-19(20)35-23-14(3)21(22(30)25-16-7-8-16)26-28(23)17-6-4-5-15(24)11-17/h4-6,9-13,16,27H,7-8H2,1-3H3,(H,25,30). The molecule has 11 nitrogen and oxygen atoms in total. The number of amides is 1. The average molecular weight is 518 g/mol. The molecule has 1 aliphatic rings. The Hall–Kier alpha value is -3.84. The van der Waals surface area contributed by atoms with Gasteiger partial charge >= 0.3 is 0 Å². The Morgan fingerprint density at radius 2 is 1.97 bits per heavy atom. The number of nitro groups is 1. The maximum absolute atomic E-state index is 14.0. The van der Waals surface area contributed by atoms with Crippen LogP contribution < -0.4 is 14.8 Å². The lowest BCUT2D eigenvalue weighted by Crippen LogP contribution is -2.30. The van der Waals surface area contributed by atoms with Crippen LogP contribution in [0.3, 0.4) is 0 Å². The number of sulfonamides is 1. The fraction of sp³-hybridized carbons (Fsp3) is 0.304. The van der Waals surface area contributed by atoms with E-state index in [1.165, 1.54) is 22.9 Å². The van der Waals surface area contributed by atoms with Crippen molar-refractivity contribution in [3.63, 3.8) is 0 Å². The summed E-state index contributed by atoms with van der Waals surface area (Å²) < 4.78 is 49.6. The fourth-order valence-electron chi connectivity index (χ4n) is 3.46. The van der Waals surface area contributed by atoms with E-state index in [4.69, 9.17) is 4.74 Å². The molecule has 1 fully saturated rings. The average Bonchev–Trinajstić information content (AvgIpc) is 3.55. The molecule has 0 radical (unpaired) electrons. The van der Waals surface area contributed by atoms with Gasteiger partial charge in [0.05, 0.1) is 10.6 Å². The van der Waals surface area contributed by atoms with Gasteiger partial charge in [-0.15, -0.1) is 0 Å². The lowest BCUT2D eigenvalue weighted by atomic mass is 10.2. The van der Waals surface area contributed by atoms with E-state index in [2.05, 4.69) is 15.1 Å². The van der Waals surface area contributed by atoms with Crippen LogP contribution in [0, 0.1) is 22.9 Å². The summed E-state index contributed by atoms with van der Waals surface area (Å²) in [6.07, 6.45) is 1.71. The Morgan fingerprint density at radius 3 is 2.58 bits per heavy atom. The van der Waals surface area contributed by atoms with Crippen LogP contribution >= 0.6 is 0 Å². The predicted molar refractivity (Wildman–Crippen MR) is 127 cm³/mol. The maximum Gasteiger partial charge on any atom is 0.272 e. The topological polar surface area (TPSA) is 145 Å². The summed E-state index contributed by atoms with van der Waals surface area (Å²) in [5.74, 6) is -1.29. The van der Waals surface area contributed by atoms with Crippen LogP contribution in [0.25, 0.3) is 5.69 Å². The van der Waals surface area contributed by atoms with Gasteiger partial charge in [-0.3, -0.25) is 14.9 Å². The quantitative estimate of drug-likeness (QED) is 0.326. The maximum atomic E-state index is 14.0. The van der Waals surface area contributed by atoms with Gasteiger partial charge in [0.15, 0.2) is 5.69 Å². The zero-order valence-corrected chi connectivity index (χ0v) is 20.5. The SMILES string of the molecule is Cc1c(C(=O)NC2CC2)nn(-c2cccc(F)c2)c1Oc1ccc([N+](=O)[O-])cc1S(=O)(=O)NC(C)C. The van der Waals surface area contributed by atoms with Crippen molar-refractivity contribution in [2.45, 2.75) is 50.6 Å². The minimum Gasteiger partial charge on any atom is -0.437 e. The van der Waals surface area contributed by atoms with E-state index in [1.54, 1.807) is 26.8 Å². The summed E-state index contributed by atoms with van der Waals surface area (Å²) in [6.45, 7) is 4.76. The number of nitrogens with zero attached hydrogens (tertiary/aromatic N) is 3. The lowest BCUT2D eigenvalue weighted by Gasteiger charge is -2.15. The van der Waals surface area contributed by atoms with E-state index in [-0.39, 0.29) is 34.6 Å². The second-order valence-electron chi connectivity index (χ2n) is 8.68. The molecule has 0 atom stereocenters. The Balaban J connectivity index is 1.86. The van der Waals surface area contributed by atoms with E-state index in [0.717, 1.165) is 31.0 Å².